The Morgan fingerprint density at radius 1 is 1.50 bits per heavy atom. The fraction of sp³-hybridized carbons (Fsp3) is 0.667. The normalized spacial score (nSPS) is 26.0. The molecule has 1 aromatic heterocycles. The van der Waals surface area contributed by atoms with E-state index < -0.39 is 0 Å². The smallest absolute Gasteiger partial charge is 0.242 e. The second-order valence-electron chi connectivity index (χ2n) is 4.61. The fourth-order valence-electron chi connectivity index (χ4n) is 2.79. The maximum atomic E-state index is 5.59. The number of nitrogens with one attached hydrogen (secondary N) is 1. The highest BCUT2D eigenvalue weighted by Gasteiger charge is 2.37. The Bertz CT molecular complexity index is 440. The average molecular weight is 250 g/mol. The average Bonchev–Trinajstić information content (AvgIpc) is 2.80. The van der Waals surface area contributed by atoms with Gasteiger partial charge in [0.25, 0.3) is 0 Å². The van der Waals surface area contributed by atoms with Crippen molar-refractivity contribution in [2.45, 2.75) is 13.0 Å². The molecule has 6 nitrogen and oxygen atoms in total. The highest BCUT2D eigenvalue weighted by molar-refractivity contribution is 5.72. The van der Waals surface area contributed by atoms with Crippen molar-refractivity contribution >= 4 is 11.5 Å². The van der Waals surface area contributed by atoms with E-state index in [1.54, 1.807) is 13.4 Å². The van der Waals surface area contributed by atoms with E-state index in [1.807, 2.05) is 0 Å². The lowest BCUT2D eigenvalue weighted by Crippen LogP contribution is -2.41. The van der Waals surface area contributed by atoms with Crippen LogP contribution in [0.2, 0.25) is 0 Å². The van der Waals surface area contributed by atoms with Crippen LogP contribution in [0.1, 0.15) is 6.92 Å². The second-order valence-corrected chi connectivity index (χ2v) is 4.61. The van der Waals surface area contributed by atoms with Crippen LogP contribution in [0.25, 0.3) is 0 Å². The Hall–Kier alpha value is -1.56. The summed E-state index contributed by atoms with van der Waals surface area (Å²) in [6, 6.07) is 0.392. The topological polar surface area (TPSA) is 59.5 Å². The van der Waals surface area contributed by atoms with Gasteiger partial charge in [0.1, 0.15) is 12.0 Å². The maximum absolute atomic E-state index is 5.59. The third-order valence-electron chi connectivity index (χ3n) is 3.70. The Kier molecular flexibility index (Phi) is 2.95. The van der Waals surface area contributed by atoms with Crippen LogP contribution in [0.4, 0.5) is 11.5 Å². The van der Waals surface area contributed by atoms with Crippen molar-refractivity contribution in [2.75, 3.05) is 43.6 Å². The van der Waals surface area contributed by atoms with Gasteiger partial charge < -0.3 is 19.7 Å². The van der Waals surface area contributed by atoms with Crippen LogP contribution >= 0.6 is 0 Å². The lowest BCUT2D eigenvalue weighted by molar-refractivity contribution is 0.185. The standard InChI is InChI=1S/C12H18N4O2/c1-3-16-9-6-18-5-8(9)4-13-10-11(16)14-7-15-12(10)17-2/h7-9,13H,3-6H2,1-2H3. The Morgan fingerprint density at radius 2 is 2.39 bits per heavy atom. The molecule has 0 spiro atoms. The second kappa shape index (κ2) is 4.61. The molecule has 98 valence electrons. The third kappa shape index (κ3) is 1.68. The number of fused-ring (bicyclic) bond motifs is 2. The van der Waals surface area contributed by atoms with Gasteiger partial charge in [0.2, 0.25) is 5.88 Å². The van der Waals surface area contributed by atoms with E-state index in [0.717, 1.165) is 37.8 Å². The summed E-state index contributed by atoms with van der Waals surface area (Å²) in [6.07, 6.45) is 1.55. The lowest BCUT2D eigenvalue weighted by Gasteiger charge is -2.29. The van der Waals surface area contributed by atoms with Crippen LogP contribution in [0.3, 0.4) is 0 Å². The van der Waals surface area contributed by atoms with E-state index in [-0.39, 0.29) is 0 Å². The van der Waals surface area contributed by atoms with E-state index in [2.05, 4.69) is 27.1 Å². The van der Waals surface area contributed by atoms with Crippen LogP contribution in [-0.2, 0) is 4.74 Å². The van der Waals surface area contributed by atoms with Gasteiger partial charge in [-0.25, -0.2) is 4.98 Å². The van der Waals surface area contributed by atoms with Gasteiger partial charge in [-0.15, -0.1) is 0 Å². The molecular formula is C12H18N4O2. The number of likely N-dealkylation sites (N-methyl/N-ethyl adjacent to an activating group) is 1. The van der Waals surface area contributed by atoms with E-state index in [4.69, 9.17) is 9.47 Å². The van der Waals surface area contributed by atoms with Gasteiger partial charge in [0.05, 0.1) is 26.4 Å². The minimum atomic E-state index is 0.392. The summed E-state index contributed by atoms with van der Waals surface area (Å²) in [4.78, 5) is 10.9. The van der Waals surface area contributed by atoms with Gasteiger partial charge >= 0.3 is 0 Å². The number of hydrogen-bond donors (Lipinski definition) is 1. The number of hydrogen-bond acceptors (Lipinski definition) is 6. The third-order valence-corrected chi connectivity index (χ3v) is 3.70. The van der Waals surface area contributed by atoms with Gasteiger partial charge in [0.15, 0.2) is 5.82 Å². The van der Waals surface area contributed by atoms with Crippen molar-refractivity contribution in [3.63, 3.8) is 0 Å². The van der Waals surface area contributed by atoms with Gasteiger partial charge in [0, 0.05) is 19.0 Å². The number of aromatic nitrogens is 2. The zero-order valence-electron chi connectivity index (χ0n) is 10.7. The van der Waals surface area contributed by atoms with Crippen molar-refractivity contribution in [1.82, 2.24) is 9.97 Å². The molecule has 0 saturated carbocycles. The van der Waals surface area contributed by atoms with E-state index >= 15 is 0 Å². The first kappa shape index (κ1) is 11.5. The molecule has 2 unspecified atom stereocenters. The van der Waals surface area contributed by atoms with Gasteiger partial charge in [-0.05, 0) is 6.92 Å². The molecule has 0 aromatic carbocycles. The zero-order chi connectivity index (χ0) is 12.5. The van der Waals surface area contributed by atoms with E-state index in [9.17, 15) is 0 Å². The summed E-state index contributed by atoms with van der Waals surface area (Å²) in [7, 11) is 1.63. The van der Waals surface area contributed by atoms with Gasteiger partial charge in [-0.2, -0.15) is 4.98 Å². The summed E-state index contributed by atoms with van der Waals surface area (Å²) in [5.41, 5.74) is 0.899. The van der Waals surface area contributed by atoms with Crippen molar-refractivity contribution in [2.24, 2.45) is 5.92 Å². The first-order valence-electron chi connectivity index (χ1n) is 6.32. The Morgan fingerprint density at radius 3 is 3.17 bits per heavy atom. The van der Waals surface area contributed by atoms with E-state index in [1.165, 1.54) is 0 Å². The number of rotatable bonds is 2. The lowest BCUT2D eigenvalue weighted by atomic mass is 10.0. The fourth-order valence-corrected chi connectivity index (χ4v) is 2.79. The van der Waals surface area contributed by atoms with Crippen LogP contribution in [-0.4, -0.2) is 49.4 Å². The molecule has 2 aliphatic rings. The molecule has 1 saturated heterocycles. The van der Waals surface area contributed by atoms with Crippen molar-refractivity contribution in [3.8, 4) is 5.88 Å². The van der Waals surface area contributed by atoms with Crippen LogP contribution in [0.15, 0.2) is 6.33 Å². The molecular weight excluding hydrogens is 232 g/mol. The molecule has 1 N–H and O–H groups in total. The molecule has 3 rings (SSSR count). The van der Waals surface area contributed by atoms with Gasteiger partial charge in [-0.1, -0.05) is 0 Å². The Labute approximate surface area is 106 Å². The van der Waals surface area contributed by atoms with Crippen molar-refractivity contribution < 1.29 is 9.47 Å². The molecule has 18 heavy (non-hydrogen) atoms. The Balaban J connectivity index is 2.05. The molecule has 6 heteroatoms. The zero-order valence-corrected chi connectivity index (χ0v) is 10.7. The molecule has 0 bridgehead atoms. The quantitative estimate of drug-likeness (QED) is 0.836. The SMILES string of the molecule is CCN1c2ncnc(OC)c2NCC2COCC21. The van der Waals surface area contributed by atoms with Crippen LogP contribution in [0, 0.1) is 5.92 Å². The highest BCUT2D eigenvalue weighted by Crippen LogP contribution is 2.37. The van der Waals surface area contributed by atoms with Gasteiger partial charge in [-0.3, -0.25) is 0 Å². The molecule has 1 aromatic rings. The van der Waals surface area contributed by atoms with Crippen molar-refractivity contribution in [1.29, 1.82) is 0 Å². The molecule has 1 fully saturated rings. The predicted octanol–water partition coefficient (Wildman–Crippen LogP) is 0.752. The number of anilines is 2. The molecule has 0 aliphatic carbocycles. The maximum Gasteiger partial charge on any atom is 0.242 e. The highest BCUT2D eigenvalue weighted by atomic mass is 16.5. The molecule has 0 amide bonds. The molecule has 3 heterocycles. The van der Waals surface area contributed by atoms with Crippen LogP contribution in [0.5, 0.6) is 5.88 Å². The molecule has 2 atom stereocenters. The largest absolute Gasteiger partial charge is 0.479 e. The monoisotopic (exact) mass is 250 g/mol. The summed E-state index contributed by atoms with van der Waals surface area (Å²) in [5.74, 6) is 2.02. The van der Waals surface area contributed by atoms with Crippen molar-refractivity contribution in [3.05, 3.63) is 6.33 Å². The molecule has 0 radical (unpaired) electrons. The summed E-state index contributed by atoms with van der Waals surface area (Å²) >= 11 is 0. The first-order chi connectivity index (χ1) is 8.85. The predicted molar refractivity (Wildman–Crippen MR) is 68.2 cm³/mol. The summed E-state index contributed by atoms with van der Waals surface area (Å²) < 4.78 is 10.9. The minimum Gasteiger partial charge on any atom is -0.479 e. The summed E-state index contributed by atoms with van der Waals surface area (Å²) in [6.45, 7) is 5.49. The number of nitrogens with zero attached hydrogens (tertiary/aromatic N) is 3. The minimum absolute atomic E-state index is 0.392. The first-order valence-corrected chi connectivity index (χ1v) is 6.32. The summed E-state index contributed by atoms with van der Waals surface area (Å²) in [5, 5.41) is 3.41. The van der Waals surface area contributed by atoms with E-state index in [0.29, 0.717) is 17.8 Å². The number of ether oxygens (including phenoxy) is 2. The molecule has 2 aliphatic heterocycles. The number of methoxy groups -OCH3 is 1. The van der Waals surface area contributed by atoms with Crippen LogP contribution < -0.4 is 15.0 Å².